The average Bonchev–Trinajstić information content (AvgIpc) is 2.67. The van der Waals surface area contributed by atoms with E-state index in [-0.39, 0.29) is 12.5 Å². The largest absolute Gasteiger partial charge is 0.483 e. The number of nitrogens with zero attached hydrogens (tertiary/aromatic N) is 1. The van der Waals surface area contributed by atoms with Gasteiger partial charge in [-0.15, -0.1) is 0 Å². The minimum absolute atomic E-state index is 0.0319. The van der Waals surface area contributed by atoms with Gasteiger partial charge in [0, 0.05) is 5.02 Å². The normalized spacial score (nSPS) is 14.9. The maximum Gasteiger partial charge on any atom is 0.262 e. The first kappa shape index (κ1) is 19.5. The molecule has 1 aliphatic heterocycles. The first-order valence-electron chi connectivity index (χ1n) is 9.43. The van der Waals surface area contributed by atoms with E-state index in [9.17, 15) is 4.79 Å². The highest BCUT2D eigenvalue weighted by molar-refractivity contribution is 6.31. The van der Waals surface area contributed by atoms with Crippen LogP contribution in [0.25, 0.3) is 0 Å². The standard InChI is InChI=1S/C21H26ClN3O2/c1-3-16-6-4-5-7-20(16)27-15-21(26)23-18-14-17(22)8-9-19(18)25-12-10-24(2)11-13-25/h4-9,14H,3,10-13,15H2,1-2H3,(H,23,26)/p+1. The van der Waals surface area contributed by atoms with Crippen LogP contribution in [0.15, 0.2) is 42.5 Å². The molecule has 2 aromatic carbocycles. The highest BCUT2D eigenvalue weighted by Gasteiger charge is 2.20. The van der Waals surface area contributed by atoms with E-state index >= 15 is 0 Å². The van der Waals surface area contributed by atoms with Crippen LogP contribution in [0.5, 0.6) is 5.75 Å². The summed E-state index contributed by atoms with van der Waals surface area (Å²) >= 11 is 6.17. The van der Waals surface area contributed by atoms with Gasteiger partial charge in [-0.2, -0.15) is 0 Å². The first-order chi connectivity index (χ1) is 13.1. The molecule has 0 spiro atoms. The summed E-state index contributed by atoms with van der Waals surface area (Å²) < 4.78 is 5.73. The number of piperazine rings is 1. The molecule has 2 N–H and O–H groups in total. The lowest BCUT2D eigenvalue weighted by molar-refractivity contribution is -0.880. The number of rotatable bonds is 6. The quantitative estimate of drug-likeness (QED) is 0.797. The summed E-state index contributed by atoms with van der Waals surface area (Å²) in [6, 6.07) is 13.4. The Morgan fingerprint density at radius 2 is 1.96 bits per heavy atom. The molecular weight excluding hydrogens is 362 g/mol. The Morgan fingerprint density at radius 3 is 2.70 bits per heavy atom. The van der Waals surface area contributed by atoms with Crippen LogP contribution < -0.4 is 19.9 Å². The van der Waals surface area contributed by atoms with Gasteiger partial charge in [0.15, 0.2) is 6.61 Å². The van der Waals surface area contributed by atoms with Crippen LogP contribution in [0, 0.1) is 0 Å². The molecule has 1 saturated heterocycles. The van der Waals surface area contributed by atoms with E-state index < -0.39 is 0 Å². The molecule has 0 aliphatic carbocycles. The summed E-state index contributed by atoms with van der Waals surface area (Å²) in [4.78, 5) is 16.3. The summed E-state index contributed by atoms with van der Waals surface area (Å²) in [5.41, 5.74) is 2.84. The minimum atomic E-state index is -0.191. The maximum atomic E-state index is 12.5. The van der Waals surface area contributed by atoms with Gasteiger partial charge in [-0.3, -0.25) is 4.79 Å². The van der Waals surface area contributed by atoms with E-state index in [1.807, 2.05) is 36.4 Å². The van der Waals surface area contributed by atoms with E-state index in [0.29, 0.717) is 5.02 Å². The van der Waals surface area contributed by atoms with Crippen molar-refractivity contribution in [2.45, 2.75) is 13.3 Å². The van der Waals surface area contributed by atoms with E-state index in [2.05, 4.69) is 24.2 Å². The number of para-hydroxylation sites is 1. The van der Waals surface area contributed by atoms with Crippen molar-refractivity contribution >= 4 is 28.9 Å². The second-order valence-corrected chi connectivity index (χ2v) is 7.34. The third kappa shape index (κ3) is 5.15. The molecule has 1 aliphatic rings. The lowest BCUT2D eigenvalue weighted by Crippen LogP contribution is -3.12. The number of amides is 1. The Bertz CT molecular complexity index is 789. The summed E-state index contributed by atoms with van der Waals surface area (Å²) in [5.74, 6) is 0.563. The summed E-state index contributed by atoms with van der Waals surface area (Å²) in [6.07, 6.45) is 0.863. The fourth-order valence-electron chi connectivity index (χ4n) is 3.28. The molecule has 1 amide bonds. The number of benzene rings is 2. The Hall–Kier alpha value is -2.24. The van der Waals surface area contributed by atoms with E-state index in [0.717, 1.165) is 55.3 Å². The molecule has 0 saturated carbocycles. The molecule has 6 heteroatoms. The second-order valence-electron chi connectivity index (χ2n) is 6.90. The molecule has 3 rings (SSSR count). The highest BCUT2D eigenvalue weighted by Crippen LogP contribution is 2.29. The van der Waals surface area contributed by atoms with Crippen LogP contribution in [0.2, 0.25) is 5.02 Å². The zero-order chi connectivity index (χ0) is 19.2. The summed E-state index contributed by atoms with van der Waals surface area (Å²) in [7, 11) is 2.20. The van der Waals surface area contributed by atoms with Gasteiger partial charge in [-0.25, -0.2) is 0 Å². The van der Waals surface area contributed by atoms with Gasteiger partial charge in [0.25, 0.3) is 5.91 Å². The molecule has 0 bridgehead atoms. The zero-order valence-corrected chi connectivity index (χ0v) is 16.7. The molecule has 0 radical (unpaired) electrons. The molecule has 0 atom stereocenters. The van der Waals surface area contributed by atoms with Crippen molar-refractivity contribution < 1.29 is 14.4 Å². The first-order valence-corrected chi connectivity index (χ1v) is 9.81. The van der Waals surface area contributed by atoms with Gasteiger partial charge in [-0.1, -0.05) is 36.7 Å². The molecule has 2 aromatic rings. The Kier molecular flexibility index (Phi) is 6.58. The van der Waals surface area contributed by atoms with Gasteiger partial charge >= 0.3 is 0 Å². The van der Waals surface area contributed by atoms with Crippen molar-refractivity contribution in [3.8, 4) is 5.75 Å². The van der Waals surface area contributed by atoms with Crippen LogP contribution >= 0.6 is 11.6 Å². The van der Waals surface area contributed by atoms with Crippen molar-refractivity contribution in [3.63, 3.8) is 0 Å². The van der Waals surface area contributed by atoms with Gasteiger partial charge in [0.2, 0.25) is 0 Å². The number of nitrogens with one attached hydrogen (secondary N) is 2. The van der Waals surface area contributed by atoms with E-state index in [4.69, 9.17) is 16.3 Å². The van der Waals surface area contributed by atoms with Gasteiger partial charge in [0.05, 0.1) is 44.6 Å². The number of aryl methyl sites for hydroxylation is 1. The molecular formula is C21H27ClN3O2+. The van der Waals surface area contributed by atoms with Crippen LogP contribution in [0.4, 0.5) is 11.4 Å². The Labute approximate surface area is 165 Å². The number of anilines is 2. The van der Waals surface area contributed by atoms with Crippen LogP contribution in [-0.2, 0) is 11.2 Å². The zero-order valence-electron chi connectivity index (χ0n) is 15.9. The predicted octanol–water partition coefficient (Wildman–Crippen LogP) is 2.25. The average molecular weight is 389 g/mol. The van der Waals surface area contributed by atoms with Gasteiger partial charge in [-0.05, 0) is 36.2 Å². The monoisotopic (exact) mass is 388 g/mol. The molecule has 0 unspecified atom stereocenters. The van der Waals surface area contributed by atoms with Crippen LogP contribution in [-0.4, -0.2) is 45.7 Å². The second kappa shape index (κ2) is 9.11. The summed E-state index contributed by atoms with van der Waals surface area (Å²) in [5, 5.41) is 3.57. The third-order valence-electron chi connectivity index (χ3n) is 4.90. The molecule has 5 nitrogen and oxygen atoms in total. The molecule has 144 valence electrons. The molecule has 1 fully saturated rings. The van der Waals surface area contributed by atoms with Crippen molar-refractivity contribution in [1.82, 2.24) is 0 Å². The van der Waals surface area contributed by atoms with Crippen molar-refractivity contribution in [1.29, 1.82) is 0 Å². The number of carbonyl (C=O) groups excluding carboxylic acids is 1. The molecule has 0 aromatic heterocycles. The minimum Gasteiger partial charge on any atom is -0.483 e. The number of ether oxygens (including phenoxy) is 1. The van der Waals surface area contributed by atoms with Crippen molar-refractivity contribution in [3.05, 3.63) is 53.1 Å². The maximum absolute atomic E-state index is 12.5. The lowest BCUT2D eigenvalue weighted by atomic mass is 10.1. The number of hydrogen-bond donors (Lipinski definition) is 2. The summed E-state index contributed by atoms with van der Waals surface area (Å²) in [6.45, 7) is 6.10. The lowest BCUT2D eigenvalue weighted by Gasteiger charge is -2.33. The fourth-order valence-corrected chi connectivity index (χ4v) is 3.45. The molecule has 1 heterocycles. The number of carbonyl (C=O) groups is 1. The van der Waals surface area contributed by atoms with Gasteiger partial charge < -0.3 is 19.9 Å². The van der Waals surface area contributed by atoms with E-state index in [1.54, 1.807) is 6.07 Å². The third-order valence-corrected chi connectivity index (χ3v) is 5.14. The smallest absolute Gasteiger partial charge is 0.262 e. The van der Waals surface area contributed by atoms with E-state index in [1.165, 1.54) is 4.90 Å². The van der Waals surface area contributed by atoms with Crippen LogP contribution in [0.3, 0.4) is 0 Å². The topological polar surface area (TPSA) is 46.0 Å². The number of hydrogen-bond acceptors (Lipinski definition) is 3. The number of quaternary nitrogens is 1. The Balaban J connectivity index is 1.67. The predicted molar refractivity (Wildman–Crippen MR) is 110 cm³/mol. The number of likely N-dealkylation sites (N-methyl/N-ethyl adjacent to an activating group) is 1. The fraction of sp³-hybridized carbons (Fsp3) is 0.381. The molecule has 27 heavy (non-hydrogen) atoms. The number of halogens is 1. The van der Waals surface area contributed by atoms with Gasteiger partial charge in [0.1, 0.15) is 5.75 Å². The van der Waals surface area contributed by atoms with Crippen molar-refractivity contribution in [2.24, 2.45) is 0 Å². The highest BCUT2D eigenvalue weighted by atomic mass is 35.5. The van der Waals surface area contributed by atoms with Crippen molar-refractivity contribution in [2.75, 3.05) is 50.1 Å². The van der Waals surface area contributed by atoms with Crippen LogP contribution in [0.1, 0.15) is 12.5 Å². The SMILES string of the molecule is CCc1ccccc1OCC(=O)Nc1cc(Cl)ccc1N1CC[NH+](C)CC1. The Morgan fingerprint density at radius 1 is 1.22 bits per heavy atom.